The largest absolute Gasteiger partial charge is 0.0654 e. The fraction of sp³-hybridized carbons (Fsp3) is 0.875. The zero-order chi connectivity index (χ0) is 6.41. The van der Waals surface area contributed by atoms with Gasteiger partial charge in [0.25, 0.3) is 0 Å². The molecule has 0 aromatic rings. The predicted octanol–water partition coefficient (Wildman–Crippen LogP) is 3.04. The molecule has 0 saturated heterocycles. The predicted molar refractivity (Wildman–Crippen MR) is 38.7 cm³/mol. The molecule has 9 heavy (non-hydrogen) atoms. The SMILES string of the molecule is [CH2]C(CC)CCCC.[Ce]. The van der Waals surface area contributed by atoms with E-state index < -0.39 is 0 Å². The van der Waals surface area contributed by atoms with Crippen molar-refractivity contribution in [1.29, 1.82) is 0 Å². The standard InChI is InChI=1S/C8H17.Ce/c1-4-6-7-8(3)5-2;/h8H,3-7H2,1-2H3;. The van der Waals surface area contributed by atoms with E-state index in [0.29, 0.717) is 5.92 Å². The fourth-order valence-corrected chi connectivity index (χ4v) is 0.697. The monoisotopic (exact) mass is 253 g/mol. The molecule has 0 amide bonds. The van der Waals surface area contributed by atoms with Gasteiger partial charge in [0.1, 0.15) is 0 Å². The summed E-state index contributed by atoms with van der Waals surface area (Å²) >= 11 is 0. The molecular weight excluding hydrogens is 236 g/mol. The summed E-state index contributed by atoms with van der Waals surface area (Å²) in [4.78, 5) is 0. The van der Waals surface area contributed by atoms with Crippen LogP contribution in [0.3, 0.4) is 0 Å². The van der Waals surface area contributed by atoms with Crippen LogP contribution in [0.2, 0.25) is 0 Å². The van der Waals surface area contributed by atoms with Crippen molar-refractivity contribution >= 4 is 0 Å². The summed E-state index contributed by atoms with van der Waals surface area (Å²) in [6.07, 6.45) is 5.21. The molecule has 0 aliphatic rings. The number of unbranched alkanes of at least 4 members (excludes halogenated alkanes) is 1. The first-order valence-corrected chi connectivity index (χ1v) is 3.64. The third-order valence-electron chi connectivity index (χ3n) is 1.54. The molecule has 1 radical (unpaired) electrons. The molecule has 0 saturated carbocycles. The second kappa shape index (κ2) is 9.38. The van der Waals surface area contributed by atoms with Crippen molar-refractivity contribution < 1.29 is 41.7 Å². The summed E-state index contributed by atoms with van der Waals surface area (Å²) < 4.78 is 0. The van der Waals surface area contributed by atoms with Gasteiger partial charge >= 0.3 is 0 Å². The Morgan fingerprint density at radius 3 is 2.22 bits per heavy atom. The third kappa shape index (κ3) is 9.38. The van der Waals surface area contributed by atoms with Crippen LogP contribution in [0, 0.1) is 54.6 Å². The van der Waals surface area contributed by atoms with Crippen LogP contribution in [0.5, 0.6) is 0 Å². The van der Waals surface area contributed by atoms with E-state index in [0.717, 1.165) is 0 Å². The van der Waals surface area contributed by atoms with Gasteiger partial charge in [-0.25, -0.2) is 0 Å². The summed E-state index contributed by atoms with van der Waals surface area (Å²) in [5.74, 6) is 0.704. The van der Waals surface area contributed by atoms with Gasteiger partial charge in [-0.2, -0.15) is 0 Å². The van der Waals surface area contributed by atoms with E-state index in [9.17, 15) is 0 Å². The van der Waals surface area contributed by atoms with Gasteiger partial charge in [-0.1, -0.05) is 46.5 Å². The van der Waals surface area contributed by atoms with Crippen molar-refractivity contribution in [2.24, 2.45) is 5.92 Å². The Hall–Kier alpha value is 1.38. The Bertz CT molecular complexity index is 43.8. The van der Waals surface area contributed by atoms with Gasteiger partial charge < -0.3 is 0 Å². The topological polar surface area (TPSA) is 0 Å². The minimum Gasteiger partial charge on any atom is -0.0654 e. The average molecular weight is 253 g/mol. The molecule has 0 bridgehead atoms. The van der Waals surface area contributed by atoms with Gasteiger partial charge in [0, 0.05) is 41.7 Å². The minimum absolute atomic E-state index is 0. The second-order valence-electron chi connectivity index (χ2n) is 2.42. The van der Waals surface area contributed by atoms with E-state index in [1.54, 1.807) is 0 Å². The minimum atomic E-state index is 0. The molecule has 0 aliphatic carbocycles. The van der Waals surface area contributed by atoms with Gasteiger partial charge in [-0.3, -0.25) is 0 Å². The summed E-state index contributed by atoms with van der Waals surface area (Å²) in [6.45, 7) is 8.42. The first-order chi connectivity index (χ1) is 3.81. The van der Waals surface area contributed by atoms with Gasteiger partial charge in [0.15, 0.2) is 0 Å². The van der Waals surface area contributed by atoms with Gasteiger partial charge in [-0.05, 0) is 5.92 Å². The van der Waals surface area contributed by atoms with E-state index >= 15 is 0 Å². The molecule has 1 heteroatoms. The van der Waals surface area contributed by atoms with Crippen molar-refractivity contribution in [3.05, 3.63) is 6.92 Å². The van der Waals surface area contributed by atoms with Crippen LogP contribution in [0.15, 0.2) is 0 Å². The summed E-state index contributed by atoms with van der Waals surface area (Å²) in [7, 11) is 0. The fourth-order valence-electron chi connectivity index (χ4n) is 0.697. The van der Waals surface area contributed by atoms with Crippen LogP contribution in [0.4, 0.5) is 0 Å². The molecule has 0 fully saturated rings. The van der Waals surface area contributed by atoms with Crippen LogP contribution in [0.25, 0.3) is 0 Å². The van der Waals surface area contributed by atoms with Crippen molar-refractivity contribution in [3.63, 3.8) is 0 Å². The van der Waals surface area contributed by atoms with Crippen LogP contribution >= 0.6 is 0 Å². The molecule has 0 N–H and O–H groups in total. The maximum Gasteiger partial charge on any atom is 0 e. The molecule has 0 spiro atoms. The zero-order valence-corrected chi connectivity index (χ0v) is 9.75. The number of hydrogen-bond acceptors (Lipinski definition) is 0. The summed E-state index contributed by atoms with van der Waals surface area (Å²) in [5.41, 5.74) is 0. The summed E-state index contributed by atoms with van der Waals surface area (Å²) in [5, 5.41) is 0. The van der Waals surface area contributed by atoms with Gasteiger partial charge in [0.05, 0.1) is 0 Å². The van der Waals surface area contributed by atoms with Gasteiger partial charge in [0.2, 0.25) is 0 Å². The zero-order valence-electron chi connectivity index (χ0n) is 6.61. The molecule has 0 aromatic carbocycles. The van der Waals surface area contributed by atoms with E-state index in [1.165, 1.54) is 25.7 Å². The van der Waals surface area contributed by atoms with Crippen molar-refractivity contribution in [2.45, 2.75) is 39.5 Å². The van der Waals surface area contributed by atoms with E-state index in [2.05, 4.69) is 20.8 Å². The second-order valence-corrected chi connectivity index (χ2v) is 2.42. The molecule has 1 atom stereocenters. The number of rotatable bonds is 4. The Balaban J connectivity index is 0. The molecule has 0 aromatic heterocycles. The van der Waals surface area contributed by atoms with Crippen molar-refractivity contribution in [3.8, 4) is 0 Å². The normalized spacial score (nSPS) is 12.3. The van der Waals surface area contributed by atoms with Crippen molar-refractivity contribution in [2.75, 3.05) is 0 Å². The van der Waals surface area contributed by atoms with E-state index in [-0.39, 0.29) is 41.7 Å². The average Bonchev–Trinajstić information content (AvgIpc) is 1.83. The Kier molecular flexibility index (Phi) is 13.5. The molecule has 0 heterocycles. The first-order valence-electron chi connectivity index (χ1n) is 3.64. The summed E-state index contributed by atoms with van der Waals surface area (Å²) in [6, 6.07) is 0. The van der Waals surface area contributed by atoms with Crippen LogP contribution in [-0.2, 0) is 0 Å². The smallest absolute Gasteiger partial charge is 0 e. The Morgan fingerprint density at radius 2 is 1.89 bits per heavy atom. The third-order valence-corrected chi connectivity index (χ3v) is 1.54. The Labute approximate surface area is 93.2 Å². The molecule has 0 rings (SSSR count). The van der Waals surface area contributed by atoms with E-state index in [1.807, 2.05) is 0 Å². The molecule has 0 nitrogen and oxygen atoms in total. The Morgan fingerprint density at radius 1 is 1.33 bits per heavy atom. The van der Waals surface area contributed by atoms with Crippen molar-refractivity contribution in [1.82, 2.24) is 0 Å². The van der Waals surface area contributed by atoms with E-state index in [4.69, 9.17) is 0 Å². The maximum absolute atomic E-state index is 3.99. The molecule has 0 aliphatic heterocycles. The van der Waals surface area contributed by atoms with Crippen LogP contribution in [0.1, 0.15) is 39.5 Å². The first kappa shape index (κ1) is 13.0. The molecular formula is C8H17Ce. The molecule has 1 unspecified atom stereocenters. The maximum atomic E-state index is 3.99. The molecule has 53 valence electrons. The van der Waals surface area contributed by atoms with Crippen LogP contribution < -0.4 is 0 Å². The van der Waals surface area contributed by atoms with Gasteiger partial charge in [-0.15, -0.1) is 0 Å². The quantitative estimate of drug-likeness (QED) is 0.722. The van der Waals surface area contributed by atoms with Crippen LogP contribution in [-0.4, -0.2) is 0 Å². The number of hydrogen-bond donors (Lipinski definition) is 0.